The van der Waals surface area contributed by atoms with Crippen molar-refractivity contribution in [3.8, 4) is 0 Å². The van der Waals surface area contributed by atoms with Crippen molar-refractivity contribution in [3.63, 3.8) is 0 Å². The van der Waals surface area contributed by atoms with E-state index in [0.29, 0.717) is 13.1 Å². The van der Waals surface area contributed by atoms with Crippen molar-refractivity contribution in [1.82, 2.24) is 19.6 Å². The van der Waals surface area contributed by atoms with E-state index < -0.39 is 0 Å². The van der Waals surface area contributed by atoms with E-state index in [1.54, 1.807) is 0 Å². The second kappa shape index (κ2) is 7.78. The van der Waals surface area contributed by atoms with Crippen LogP contribution in [-0.2, 0) is 24.8 Å². The first-order valence-electron chi connectivity index (χ1n) is 7.11. The van der Waals surface area contributed by atoms with Gasteiger partial charge in [-0.3, -0.25) is 14.4 Å². The number of amides is 1. The SMILES string of the molecule is CCc1nn(C)c(CN(C)CC(=O)N(CC)CC)c1Br. The van der Waals surface area contributed by atoms with Gasteiger partial charge in [-0.2, -0.15) is 5.10 Å². The Hall–Kier alpha value is -0.880. The number of nitrogens with zero attached hydrogens (tertiary/aromatic N) is 4. The normalized spacial score (nSPS) is 11.2. The zero-order valence-corrected chi connectivity index (χ0v) is 14.7. The largest absolute Gasteiger partial charge is 0.342 e. The maximum Gasteiger partial charge on any atom is 0.236 e. The molecule has 0 aromatic carbocycles. The van der Waals surface area contributed by atoms with Gasteiger partial charge in [0.25, 0.3) is 0 Å². The first-order valence-corrected chi connectivity index (χ1v) is 7.90. The van der Waals surface area contributed by atoms with Crippen LogP contribution in [0.5, 0.6) is 0 Å². The Morgan fingerprint density at radius 1 is 1.30 bits per heavy atom. The van der Waals surface area contributed by atoms with Gasteiger partial charge < -0.3 is 4.90 Å². The molecule has 1 aromatic rings. The van der Waals surface area contributed by atoms with Gasteiger partial charge in [0.15, 0.2) is 0 Å². The van der Waals surface area contributed by atoms with E-state index >= 15 is 0 Å². The van der Waals surface area contributed by atoms with Crippen molar-refractivity contribution in [2.24, 2.45) is 7.05 Å². The molecule has 0 bridgehead atoms. The molecular formula is C14H25BrN4O. The number of likely N-dealkylation sites (N-methyl/N-ethyl adjacent to an activating group) is 2. The summed E-state index contributed by atoms with van der Waals surface area (Å²) in [4.78, 5) is 16.0. The summed E-state index contributed by atoms with van der Waals surface area (Å²) in [5.41, 5.74) is 2.17. The molecule has 1 rings (SSSR count). The second-order valence-corrected chi connectivity index (χ2v) is 5.72. The third-order valence-electron chi connectivity index (χ3n) is 3.44. The van der Waals surface area contributed by atoms with Crippen molar-refractivity contribution in [3.05, 3.63) is 15.9 Å². The van der Waals surface area contributed by atoms with Gasteiger partial charge in [-0.1, -0.05) is 6.92 Å². The number of hydrogen-bond donors (Lipinski definition) is 0. The molecule has 0 aliphatic carbocycles. The Bertz CT molecular complexity index is 454. The van der Waals surface area contributed by atoms with Gasteiger partial charge in [-0.15, -0.1) is 0 Å². The van der Waals surface area contributed by atoms with Gasteiger partial charge in [0, 0.05) is 26.7 Å². The average Bonchev–Trinajstić information content (AvgIpc) is 2.67. The van der Waals surface area contributed by atoms with Gasteiger partial charge in [0.2, 0.25) is 5.91 Å². The Kier molecular flexibility index (Phi) is 6.68. The number of rotatable bonds is 7. The Morgan fingerprint density at radius 2 is 1.90 bits per heavy atom. The monoisotopic (exact) mass is 344 g/mol. The number of halogens is 1. The smallest absolute Gasteiger partial charge is 0.236 e. The average molecular weight is 345 g/mol. The van der Waals surface area contributed by atoms with E-state index in [-0.39, 0.29) is 5.91 Å². The van der Waals surface area contributed by atoms with E-state index in [9.17, 15) is 4.79 Å². The molecule has 0 saturated heterocycles. The highest BCUT2D eigenvalue weighted by atomic mass is 79.9. The van der Waals surface area contributed by atoms with Gasteiger partial charge in [-0.05, 0) is 43.2 Å². The topological polar surface area (TPSA) is 41.4 Å². The third kappa shape index (κ3) is 4.06. The molecule has 0 unspecified atom stereocenters. The molecule has 0 saturated carbocycles. The number of aryl methyl sites for hydroxylation is 2. The molecule has 5 nitrogen and oxygen atoms in total. The Morgan fingerprint density at radius 3 is 2.35 bits per heavy atom. The number of hydrogen-bond acceptors (Lipinski definition) is 3. The van der Waals surface area contributed by atoms with Gasteiger partial charge in [0.05, 0.1) is 22.4 Å². The zero-order valence-electron chi connectivity index (χ0n) is 13.1. The molecule has 6 heteroatoms. The quantitative estimate of drug-likeness (QED) is 0.760. The van der Waals surface area contributed by atoms with Crippen LogP contribution >= 0.6 is 15.9 Å². The summed E-state index contributed by atoms with van der Waals surface area (Å²) < 4.78 is 2.95. The summed E-state index contributed by atoms with van der Waals surface area (Å²) in [6.07, 6.45) is 0.899. The lowest BCUT2D eigenvalue weighted by Gasteiger charge is -2.23. The lowest BCUT2D eigenvalue weighted by Crippen LogP contribution is -2.38. The Balaban J connectivity index is 2.69. The molecule has 0 spiro atoms. The minimum absolute atomic E-state index is 0.173. The van der Waals surface area contributed by atoms with Crippen LogP contribution in [0.1, 0.15) is 32.2 Å². The highest BCUT2D eigenvalue weighted by Gasteiger charge is 2.17. The highest BCUT2D eigenvalue weighted by molar-refractivity contribution is 9.10. The predicted octanol–water partition coefficient (Wildman–Crippen LogP) is 2.05. The fourth-order valence-electron chi connectivity index (χ4n) is 2.21. The van der Waals surface area contributed by atoms with Crippen LogP contribution in [-0.4, -0.2) is 52.2 Å². The second-order valence-electron chi connectivity index (χ2n) is 4.92. The highest BCUT2D eigenvalue weighted by Crippen LogP contribution is 2.22. The molecule has 114 valence electrons. The summed E-state index contributed by atoms with van der Waals surface area (Å²) in [6, 6.07) is 0. The molecule has 1 aromatic heterocycles. The maximum absolute atomic E-state index is 12.1. The first kappa shape index (κ1) is 17.2. The van der Waals surface area contributed by atoms with Crippen LogP contribution in [0.3, 0.4) is 0 Å². The number of carbonyl (C=O) groups is 1. The molecular weight excluding hydrogens is 320 g/mol. The molecule has 0 aliphatic rings. The molecule has 1 heterocycles. The van der Waals surface area contributed by atoms with Crippen LogP contribution in [0.2, 0.25) is 0 Å². The standard InChI is InChI=1S/C14H25BrN4O/c1-6-11-14(15)12(18(5)16-11)9-17(4)10-13(20)19(7-2)8-3/h6-10H2,1-5H3. The van der Waals surface area contributed by atoms with Crippen molar-refractivity contribution in [2.45, 2.75) is 33.7 Å². The van der Waals surface area contributed by atoms with Crippen LogP contribution in [0.25, 0.3) is 0 Å². The molecule has 0 aliphatic heterocycles. The molecule has 20 heavy (non-hydrogen) atoms. The molecule has 0 radical (unpaired) electrons. The summed E-state index contributed by atoms with van der Waals surface area (Å²) in [7, 11) is 3.91. The van der Waals surface area contributed by atoms with Crippen LogP contribution < -0.4 is 0 Å². The van der Waals surface area contributed by atoms with Crippen molar-refractivity contribution in [1.29, 1.82) is 0 Å². The van der Waals surface area contributed by atoms with Crippen LogP contribution in [0.15, 0.2) is 4.47 Å². The van der Waals surface area contributed by atoms with Crippen molar-refractivity contribution >= 4 is 21.8 Å². The van der Waals surface area contributed by atoms with E-state index in [4.69, 9.17) is 0 Å². The van der Waals surface area contributed by atoms with Gasteiger partial charge in [-0.25, -0.2) is 0 Å². The lowest BCUT2D eigenvalue weighted by molar-refractivity contribution is -0.131. The van der Waals surface area contributed by atoms with E-state index in [2.05, 4.69) is 28.0 Å². The zero-order chi connectivity index (χ0) is 15.3. The van der Waals surface area contributed by atoms with Crippen LogP contribution in [0.4, 0.5) is 0 Å². The van der Waals surface area contributed by atoms with E-state index in [0.717, 1.165) is 35.4 Å². The molecule has 0 N–H and O–H groups in total. The summed E-state index contributed by atoms with van der Waals surface area (Å²) in [5.74, 6) is 0.173. The third-order valence-corrected chi connectivity index (χ3v) is 4.36. The Labute approximate surface area is 130 Å². The minimum atomic E-state index is 0.173. The van der Waals surface area contributed by atoms with Crippen molar-refractivity contribution in [2.75, 3.05) is 26.7 Å². The minimum Gasteiger partial charge on any atom is -0.342 e. The maximum atomic E-state index is 12.1. The summed E-state index contributed by atoms with van der Waals surface area (Å²) >= 11 is 3.61. The predicted molar refractivity (Wildman–Crippen MR) is 84.5 cm³/mol. The first-order chi connectivity index (χ1) is 9.44. The van der Waals surface area contributed by atoms with Crippen molar-refractivity contribution < 1.29 is 4.79 Å². The number of aromatic nitrogens is 2. The van der Waals surface area contributed by atoms with E-state index in [1.807, 2.05) is 42.4 Å². The summed E-state index contributed by atoms with van der Waals surface area (Å²) in [6.45, 7) is 8.76. The summed E-state index contributed by atoms with van der Waals surface area (Å²) in [5, 5.41) is 4.48. The van der Waals surface area contributed by atoms with Gasteiger partial charge in [0.1, 0.15) is 0 Å². The fraction of sp³-hybridized carbons (Fsp3) is 0.714. The number of carbonyl (C=O) groups excluding carboxylic acids is 1. The molecule has 1 amide bonds. The van der Waals surface area contributed by atoms with Gasteiger partial charge >= 0.3 is 0 Å². The molecule has 0 atom stereocenters. The molecule has 0 fully saturated rings. The van der Waals surface area contributed by atoms with Crippen LogP contribution in [0, 0.1) is 0 Å². The fourth-order valence-corrected chi connectivity index (χ4v) is 2.95. The lowest BCUT2D eigenvalue weighted by atomic mass is 10.3. The van der Waals surface area contributed by atoms with E-state index in [1.165, 1.54) is 0 Å².